The molecule has 1 aliphatic heterocycles. The van der Waals surface area contributed by atoms with Crippen molar-refractivity contribution in [2.75, 3.05) is 33.4 Å². The number of ether oxygens (including phenoxy) is 1. The van der Waals surface area contributed by atoms with Crippen LogP contribution in [0.15, 0.2) is 0 Å². The van der Waals surface area contributed by atoms with E-state index < -0.39 is 0 Å². The first kappa shape index (κ1) is 16.3. The maximum Gasteiger partial charge on any atom is 0.320 e. The zero-order chi connectivity index (χ0) is 14.3. The molecule has 0 aromatic carbocycles. The summed E-state index contributed by atoms with van der Waals surface area (Å²) < 4.78 is 5.16. The molecular formula is C15H30N2O2. The summed E-state index contributed by atoms with van der Waals surface area (Å²) in [4.78, 5) is 16.8. The Morgan fingerprint density at radius 2 is 2.11 bits per heavy atom. The number of hydrogen-bond donors (Lipinski definition) is 0. The molecule has 2 amide bonds. The van der Waals surface area contributed by atoms with Gasteiger partial charge in [-0.1, -0.05) is 20.8 Å². The van der Waals surface area contributed by atoms with Crippen molar-refractivity contribution in [1.29, 1.82) is 0 Å². The number of urea groups is 1. The highest BCUT2D eigenvalue weighted by Crippen LogP contribution is 2.19. The van der Waals surface area contributed by atoms with Gasteiger partial charge in [0.2, 0.25) is 0 Å². The van der Waals surface area contributed by atoms with Crippen LogP contribution in [0.2, 0.25) is 0 Å². The largest absolute Gasteiger partial charge is 0.383 e. The highest BCUT2D eigenvalue weighted by molar-refractivity contribution is 5.75. The Morgan fingerprint density at radius 1 is 1.42 bits per heavy atom. The van der Waals surface area contributed by atoms with Crippen molar-refractivity contribution in [1.82, 2.24) is 9.80 Å². The van der Waals surface area contributed by atoms with Gasteiger partial charge in [0, 0.05) is 32.8 Å². The molecule has 1 unspecified atom stereocenters. The first-order valence-electron chi connectivity index (χ1n) is 7.68. The second-order valence-corrected chi connectivity index (χ2v) is 5.63. The second-order valence-electron chi connectivity index (χ2n) is 5.63. The standard InChI is InChI=1S/C15H30N2O2/c1-5-14(6-2)17(10-11-19-4)15(18)16-9-7-8-13(3)12-16/h13-14H,5-12H2,1-4H3. The summed E-state index contributed by atoms with van der Waals surface area (Å²) in [6.07, 6.45) is 4.39. The maximum absolute atomic E-state index is 12.7. The summed E-state index contributed by atoms with van der Waals surface area (Å²) in [7, 11) is 1.69. The van der Waals surface area contributed by atoms with Gasteiger partial charge in [-0.15, -0.1) is 0 Å². The number of nitrogens with zero attached hydrogens (tertiary/aromatic N) is 2. The van der Waals surface area contributed by atoms with E-state index in [4.69, 9.17) is 4.74 Å². The average Bonchev–Trinajstić information content (AvgIpc) is 2.43. The lowest BCUT2D eigenvalue weighted by molar-refractivity contribution is 0.0911. The molecule has 0 aliphatic carbocycles. The van der Waals surface area contributed by atoms with Gasteiger partial charge in [-0.3, -0.25) is 0 Å². The van der Waals surface area contributed by atoms with E-state index in [1.807, 2.05) is 9.80 Å². The van der Waals surface area contributed by atoms with E-state index >= 15 is 0 Å². The fourth-order valence-electron chi connectivity index (χ4n) is 2.90. The van der Waals surface area contributed by atoms with Crippen LogP contribution in [0.1, 0.15) is 46.5 Å². The lowest BCUT2D eigenvalue weighted by Crippen LogP contribution is -2.51. The first-order chi connectivity index (χ1) is 9.13. The number of carbonyl (C=O) groups is 1. The average molecular weight is 270 g/mol. The van der Waals surface area contributed by atoms with Gasteiger partial charge in [-0.25, -0.2) is 4.79 Å². The highest BCUT2D eigenvalue weighted by atomic mass is 16.5. The molecule has 1 fully saturated rings. The number of likely N-dealkylation sites (tertiary alicyclic amines) is 1. The normalized spacial score (nSPS) is 19.8. The topological polar surface area (TPSA) is 32.8 Å². The molecule has 1 aliphatic rings. The number of hydrogen-bond acceptors (Lipinski definition) is 2. The van der Waals surface area contributed by atoms with Crippen LogP contribution in [-0.4, -0.2) is 55.2 Å². The molecule has 0 aromatic rings. The zero-order valence-electron chi connectivity index (χ0n) is 13.0. The van der Waals surface area contributed by atoms with Crippen molar-refractivity contribution in [2.24, 2.45) is 5.92 Å². The van der Waals surface area contributed by atoms with Crippen LogP contribution in [0.4, 0.5) is 4.79 Å². The van der Waals surface area contributed by atoms with Crippen LogP contribution < -0.4 is 0 Å². The van der Waals surface area contributed by atoms with E-state index in [-0.39, 0.29) is 6.03 Å². The van der Waals surface area contributed by atoms with E-state index in [2.05, 4.69) is 20.8 Å². The quantitative estimate of drug-likeness (QED) is 0.743. The van der Waals surface area contributed by atoms with Crippen molar-refractivity contribution in [3.05, 3.63) is 0 Å². The molecule has 0 saturated carbocycles. The number of amides is 2. The molecule has 4 heteroatoms. The molecule has 0 radical (unpaired) electrons. The Kier molecular flexibility index (Phi) is 7.21. The Hall–Kier alpha value is -0.770. The Balaban J connectivity index is 2.68. The number of piperidine rings is 1. The predicted molar refractivity (Wildman–Crippen MR) is 78.3 cm³/mol. The van der Waals surface area contributed by atoms with Gasteiger partial charge in [0.15, 0.2) is 0 Å². The van der Waals surface area contributed by atoms with Crippen LogP contribution in [0.25, 0.3) is 0 Å². The van der Waals surface area contributed by atoms with Gasteiger partial charge < -0.3 is 14.5 Å². The lowest BCUT2D eigenvalue weighted by Gasteiger charge is -2.38. The summed E-state index contributed by atoms with van der Waals surface area (Å²) in [5.41, 5.74) is 0. The molecule has 1 saturated heterocycles. The lowest BCUT2D eigenvalue weighted by atomic mass is 10.0. The third-order valence-corrected chi connectivity index (χ3v) is 4.09. The molecule has 0 bridgehead atoms. The van der Waals surface area contributed by atoms with Gasteiger partial charge >= 0.3 is 6.03 Å². The minimum absolute atomic E-state index is 0.206. The Labute approximate surface area is 118 Å². The third kappa shape index (κ3) is 4.68. The van der Waals surface area contributed by atoms with E-state index in [1.165, 1.54) is 6.42 Å². The predicted octanol–water partition coefficient (Wildman–Crippen LogP) is 2.98. The smallest absolute Gasteiger partial charge is 0.320 e. The van der Waals surface area contributed by atoms with Crippen molar-refractivity contribution < 1.29 is 9.53 Å². The van der Waals surface area contributed by atoms with Gasteiger partial charge in [0.25, 0.3) is 0 Å². The summed E-state index contributed by atoms with van der Waals surface area (Å²) in [5, 5.41) is 0. The molecule has 19 heavy (non-hydrogen) atoms. The molecule has 0 N–H and O–H groups in total. The Bertz CT molecular complexity index is 267. The molecule has 1 atom stereocenters. The summed E-state index contributed by atoms with van der Waals surface area (Å²) in [6, 6.07) is 0.539. The fourth-order valence-corrected chi connectivity index (χ4v) is 2.90. The van der Waals surface area contributed by atoms with Gasteiger partial charge in [0.1, 0.15) is 0 Å². The molecule has 0 aromatic heterocycles. The second kappa shape index (κ2) is 8.41. The highest BCUT2D eigenvalue weighted by Gasteiger charge is 2.28. The van der Waals surface area contributed by atoms with Crippen LogP contribution in [0.3, 0.4) is 0 Å². The Morgan fingerprint density at radius 3 is 2.63 bits per heavy atom. The van der Waals surface area contributed by atoms with E-state index in [0.717, 1.165) is 32.4 Å². The van der Waals surface area contributed by atoms with E-state index in [9.17, 15) is 4.79 Å². The van der Waals surface area contributed by atoms with Crippen molar-refractivity contribution in [2.45, 2.75) is 52.5 Å². The van der Waals surface area contributed by atoms with Crippen molar-refractivity contribution >= 4 is 6.03 Å². The van der Waals surface area contributed by atoms with Crippen molar-refractivity contribution in [3.8, 4) is 0 Å². The monoisotopic (exact) mass is 270 g/mol. The van der Waals surface area contributed by atoms with Gasteiger partial charge in [0.05, 0.1) is 6.61 Å². The molecule has 112 valence electrons. The zero-order valence-corrected chi connectivity index (χ0v) is 13.0. The van der Waals surface area contributed by atoms with E-state index in [1.54, 1.807) is 7.11 Å². The molecule has 1 rings (SSSR count). The summed E-state index contributed by atoms with van der Waals surface area (Å²) in [6.45, 7) is 9.67. The fraction of sp³-hybridized carbons (Fsp3) is 0.933. The minimum atomic E-state index is 0.206. The van der Waals surface area contributed by atoms with Gasteiger partial charge in [-0.05, 0) is 31.6 Å². The molecule has 1 heterocycles. The molecule has 0 spiro atoms. The molecular weight excluding hydrogens is 240 g/mol. The third-order valence-electron chi connectivity index (χ3n) is 4.09. The SMILES string of the molecule is CCC(CC)N(CCOC)C(=O)N1CCCC(C)C1. The van der Waals surface area contributed by atoms with Crippen molar-refractivity contribution in [3.63, 3.8) is 0 Å². The molecule has 4 nitrogen and oxygen atoms in total. The minimum Gasteiger partial charge on any atom is -0.383 e. The van der Waals surface area contributed by atoms with Crippen LogP contribution in [0.5, 0.6) is 0 Å². The summed E-state index contributed by atoms with van der Waals surface area (Å²) in [5.74, 6) is 0.628. The van der Waals surface area contributed by atoms with Crippen LogP contribution in [0, 0.1) is 5.92 Å². The van der Waals surface area contributed by atoms with Crippen LogP contribution in [-0.2, 0) is 4.74 Å². The van der Waals surface area contributed by atoms with Gasteiger partial charge in [-0.2, -0.15) is 0 Å². The van der Waals surface area contributed by atoms with E-state index in [0.29, 0.717) is 25.1 Å². The van der Waals surface area contributed by atoms with Crippen LogP contribution >= 0.6 is 0 Å². The first-order valence-corrected chi connectivity index (χ1v) is 7.68. The number of carbonyl (C=O) groups excluding carboxylic acids is 1. The maximum atomic E-state index is 12.7. The number of rotatable bonds is 6. The summed E-state index contributed by atoms with van der Waals surface area (Å²) >= 11 is 0. The number of methoxy groups -OCH3 is 1.